The summed E-state index contributed by atoms with van der Waals surface area (Å²) in [7, 11) is 0. The van der Waals surface area contributed by atoms with Gasteiger partial charge >= 0.3 is 5.97 Å². The van der Waals surface area contributed by atoms with Crippen LogP contribution in [-0.2, 0) is 11.4 Å². The maximum absolute atomic E-state index is 13.6. The molecule has 2 bridgehead atoms. The highest BCUT2D eigenvalue weighted by atomic mass is 32.1. The van der Waals surface area contributed by atoms with Crippen LogP contribution in [0.4, 0.5) is 13.9 Å². The first kappa shape index (κ1) is 27.6. The summed E-state index contributed by atoms with van der Waals surface area (Å²) in [5.74, 6) is -3.10. The second-order valence-corrected chi connectivity index (χ2v) is 12.5. The van der Waals surface area contributed by atoms with Crippen molar-refractivity contribution in [3.8, 4) is 17.0 Å². The van der Waals surface area contributed by atoms with E-state index in [-0.39, 0.29) is 43.2 Å². The number of nitrogens with zero attached hydrogens (tertiary/aromatic N) is 3. The van der Waals surface area contributed by atoms with Crippen LogP contribution in [0.2, 0.25) is 0 Å². The number of halogens is 2. The van der Waals surface area contributed by atoms with Crippen LogP contribution in [0.5, 0.6) is 5.75 Å². The summed E-state index contributed by atoms with van der Waals surface area (Å²) >= 11 is 1.57. The van der Waals surface area contributed by atoms with Crippen LogP contribution in [-0.4, -0.2) is 59.0 Å². The Kier molecular flexibility index (Phi) is 7.21. The quantitative estimate of drug-likeness (QED) is 0.367. The molecular formula is C31H33F2N3O4S. The Morgan fingerprint density at radius 2 is 1.88 bits per heavy atom. The Labute approximate surface area is 241 Å². The normalized spacial score (nSPS) is 23.2. The molecule has 0 radical (unpaired) electrons. The first-order chi connectivity index (χ1) is 19.6. The van der Waals surface area contributed by atoms with Crippen molar-refractivity contribution in [1.82, 2.24) is 9.88 Å². The van der Waals surface area contributed by atoms with Crippen LogP contribution in [0.1, 0.15) is 46.3 Å². The summed E-state index contributed by atoms with van der Waals surface area (Å²) in [6.45, 7) is 5.15. The number of piperidine rings is 1. The number of rotatable bonds is 7. The molecule has 6 rings (SSSR count). The molecule has 3 fully saturated rings. The van der Waals surface area contributed by atoms with Gasteiger partial charge in [0.15, 0.2) is 5.13 Å². The van der Waals surface area contributed by atoms with Crippen LogP contribution in [0.15, 0.2) is 41.8 Å². The van der Waals surface area contributed by atoms with E-state index in [0.29, 0.717) is 11.3 Å². The third-order valence-electron chi connectivity index (χ3n) is 8.72. The number of hydrogen-bond acceptors (Lipinski definition) is 6. The third-order valence-corrected chi connectivity index (χ3v) is 9.62. The van der Waals surface area contributed by atoms with Crippen molar-refractivity contribution >= 4 is 28.3 Å². The lowest BCUT2D eigenvalue weighted by Crippen LogP contribution is -2.44. The van der Waals surface area contributed by atoms with Crippen molar-refractivity contribution in [3.63, 3.8) is 0 Å². The summed E-state index contributed by atoms with van der Waals surface area (Å²) in [5, 5.41) is 12.6. The number of alkyl halides is 2. The van der Waals surface area contributed by atoms with E-state index in [2.05, 4.69) is 11.0 Å². The summed E-state index contributed by atoms with van der Waals surface area (Å²) in [5.41, 5.74) is 4.93. The third kappa shape index (κ3) is 5.54. The second-order valence-electron chi connectivity index (χ2n) is 11.6. The minimum atomic E-state index is -2.82. The highest BCUT2D eigenvalue weighted by Gasteiger charge is 2.46. The van der Waals surface area contributed by atoms with Crippen molar-refractivity contribution in [1.29, 1.82) is 0 Å². The second kappa shape index (κ2) is 10.7. The van der Waals surface area contributed by atoms with E-state index in [1.807, 2.05) is 37.4 Å². The molecule has 1 amide bonds. The number of aryl methyl sites for hydroxylation is 2. The number of ether oxygens (including phenoxy) is 1. The molecule has 1 unspecified atom stereocenters. The molecule has 2 aromatic carbocycles. The minimum Gasteiger partial charge on any atom is -0.488 e. The molecule has 3 aromatic rings. The number of aliphatic carboxylic acids is 1. The van der Waals surface area contributed by atoms with Gasteiger partial charge in [0, 0.05) is 42.6 Å². The molecule has 216 valence electrons. The van der Waals surface area contributed by atoms with Gasteiger partial charge in [-0.2, -0.15) is 0 Å². The molecule has 7 nitrogen and oxygen atoms in total. The summed E-state index contributed by atoms with van der Waals surface area (Å²) in [6, 6.07) is 11.2. The molecule has 0 spiro atoms. The topological polar surface area (TPSA) is 83.0 Å². The van der Waals surface area contributed by atoms with Crippen molar-refractivity contribution < 1.29 is 28.2 Å². The Morgan fingerprint density at radius 3 is 2.54 bits per heavy atom. The molecule has 10 heteroatoms. The van der Waals surface area contributed by atoms with Gasteiger partial charge in [-0.1, -0.05) is 17.7 Å². The highest BCUT2D eigenvalue weighted by molar-refractivity contribution is 7.14. The van der Waals surface area contributed by atoms with Gasteiger partial charge in [0.05, 0.1) is 18.2 Å². The average Bonchev–Trinajstić information content (AvgIpc) is 3.64. The van der Waals surface area contributed by atoms with Gasteiger partial charge in [-0.15, -0.1) is 11.3 Å². The summed E-state index contributed by atoms with van der Waals surface area (Å²) in [6.07, 6.45) is 1.61. The maximum Gasteiger partial charge on any atom is 0.307 e. The molecule has 3 aliphatic rings. The predicted molar refractivity (Wildman–Crippen MR) is 153 cm³/mol. The van der Waals surface area contributed by atoms with E-state index in [9.17, 15) is 23.5 Å². The number of benzene rings is 2. The Morgan fingerprint density at radius 1 is 1.12 bits per heavy atom. The molecule has 1 aromatic heterocycles. The smallest absolute Gasteiger partial charge is 0.307 e. The minimum absolute atomic E-state index is 0.0616. The van der Waals surface area contributed by atoms with Gasteiger partial charge in [-0.3, -0.25) is 9.59 Å². The Bertz CT molecular complexity index is 1480. The van der Waals surface area contributed by atoms with E-state index >= 15 is 0 Å². The largest absolute Gasteiger partial charge is 0.488 e. The molecule has 3 atom stereocenters. The van der Waals surface area contributed by atoms with Crippen LogP contribution in [0.3, 0.4) is 0 Å². The van der Waals surface area contributed by atoms with Crippen molar-refractivity contribution in [3.05, 3.63) is 64.0 Å². The monoisotopic (exact) mass is 581 g/mol. The van der Waals surface area contributed by atoms with Gasteiger partial charge < -0.3 is 19.6 Å². The average molecular weight is 582 g/mol. The number of anilines is 1. The zero-order valence-corrected chi connectivity index (χ0v) is 23.9. The number of amides is 1. The maximum atomic E-state index is 13.6. The van der Waals surface area contributed by atoms with Gasteiger partial charge in [-0.05, 0) is 73.9 Å². The van der Waals surface area contributed by atoms with Crippen molar-refractivity contribution in [2.45, 2.75) is 45.6 Å². The number of fused-ring (bicyclic) bond motifs is 2. The zero-order chi connectivity index (χ0) is 28.9. The van der Waals surface area contributed by atoms with Crippen molar-refractivity contribution in [2.24, 2.45) is 17.8 Å². The van der Waals surface area contributed by atoms with Gasteiger partial charge in [0.25, 0.3) is 11.8 Å². The molecule has 2 saturated heterocycles. The lowest BCUT2D eigenvalue weighted by molar-refractivity contribution is -0.144. The molecule has 2 aliphatic heterocycles. The van der Waals surface area contributed by atoms with Crippen molar-refractivity contribution in [2.75, 3.05) is 31.1 Å². The predicted octanol–water partition coefficient (Wildman–Crippen LogP) is 6.03. The number of hydrogen-bond donors (Lipinski definition) is 1. The molecule has 3 heterocycles. The molecule has 1 saturated carbocycles. The van der Waals surface area contributed by atoms with E-state index in [0.717, 1.165) is 59.0 Å². The fourth-order valence-electron chi connectivity index (χ4n) is 6.52. The molecule has 1 N–H and O–H groups in total. The zero-order valence-electron chi connectivity index (χ0n) is 23.1. The van der Waals surface area contributed by atoms with Gasteiger partial charge in [0.1, 0.15) is 12.4 Å². The lowest BCUT2D eigenvalue weighted by Gasteiger charge is -2.35. The highest BCUT2D eigenvalue weighted by Crippen LogP contribution is 2.44. The SMILES string of the molecule is Cc1ccc(OCc2ccc(C(=O)N3CCC(F)(F)C3)cc2C)c(-c2csc(N3C[C@H]4CC[C@@H](C3)C4C(=O)O)n2)c1. The number of thiazole rings is 1. The van der Waals surface area contributed by atoms with E-state index in [4.69, 9.17) is 9.72 Å². The lowest BCUT2D eigenvalue weighted by atomic mass is 9.85. The number of carbonyl (C=O) groups excluding carboxylic acids is 1. The molecular weight excluding hydrogens is 548 g/mol. The number of carboxylic acids is 1. The van der Waals surface area contributed by atoms with Crippen LogP contribution < -0.4 is 9.64 Å². The number of carboxylic acid groups (broad SMARTS) is 1. The van der Waals surface area contributed by atoms with Gasteiger partial charge in [-0.25, -0.2) is 13.8 Å². The summed E-state index contributed by atoms with van der Waals surface area (Å²) in [4.78, 5) is 32.9. The van der Waals surface area contributed by atoms with Crippen LogP contribution in [0, 0.1) is 31.6 Å². The standard InChI is InChI=1S/C31H33F2N3O4S/c1-18-3-8-26(40-15-23-7-4-20(12-19(23)2)28(37)35-10-9-31(32,33)17-35)24(11-18)25-16-41-30(34-25)36-13-21-5-6-22(14-36)27(21)29(38)39/h3-4,7-8,11-12,16,21-22,27H,5-6,9-10,13-15,17H2,1-2H3,(H,38,39)/t21-,22+,27?. The summed E-state index contributed by atoms with van der Waals surface area (Å²) < 4.78 is 33.5. The van der Waals surface area contributed by atoms with Crippen LogP contribution in [0.25, 0.3) is 11.3 Å². The van der Waals surface area contributed by atoms with Gasteiger partial charge in [0.2, 0.25) is 0 Å². The first-order valence-corrected chi connectivity index (χ1v) is 14.9. The number of aromatic nitrogens is 1. The first-order valence-electron chi connectivity index (χ1n) is 14.0. The Hall–Kier alpha value is -3.53. The fraction of sp³-hybridized carbons (Fsp3) is 0.452. The van der Waals surface area contributed by atoms with E-state index in [1.54, 1.807) is 23.5 Å². The molecule has 41 heavy (non-hydrogen) atoms. The van der Waals surface area contributed by atoms with E-state index in [1.165, 1.54) is 4.90 Å². The Balaban J connectivity index is 1.16. The fourth-order valence-corrected chi connectivity index (χ4v) is 7.37. The van der Waals surface area contributed by atoms with E-state index < -0.39 is 18.4 Å². The molecule has 1 aliphatic carbocycles. The number of likely N-dealkylation sites (tertiary alicyclic amines) is 1. The number of carbonyl (C=O) groups is 2. The van der Waals surface area contributed by atoms with Crippen LogP contribution >= 0.6 is 11.3 Å².